The average molecular weight is 205 g/mol. The molecule has 1 heterocycles. The van der Waals surface area contributed by atoms with Crippen LogP contribution in [0.2, 0.25) is 0 Å². The topological polar surface area (TPSA) is 12.5 Å². The number of likely N-dealkylation sites (tertiary alicyclic amines) is 1. The third-order valence-electron chi connectivity index (χ3n) is 2.99. The molecule has 0 saturated carbocycles. The summed E-state index contributed by atoms with van der Waals surface area (Å²) in [5, 5.41) is 0. The first-order chi connectivity index (χ1) is 7.16. The number of benzene rings is 1. The first kappa shape index (κ1) is 10.5. The number of aryl methyl sites for hydroxylation is 1. The molecule has 0 atom stereocenters. The second kappa shape index (κ2) is 4.23. The minimum atomic E-state index is 0.383. The van der Waals surface area contributed by atoms with E-state index in [9.17, 15) is 0 Å². The van der Waals surface area contributed by atoms with Crippen LogP contribution in [0, 0.1) is 6.92 Å². The van der Waals surface area contributed by atoms with Crippen molar-refractivity contribution in [3.05, 3.63) is 29.8 Å². The van der Waals surface area contributed by atoms with Crippen LogP contribution in [0.15, 0.2) is 24.3 Å². The van der Waals surface area contributed by atoms with Crippen molar-refractivity contribution < 1.29 is 4.74 Å². The van der Waals surface area contributed by atoms with E-state index in [2.05, 4.69) is 31.7 Å². The van der Waals surface area contributed by atoms with Crippen LogP contribution in [-0.4, -0.2) is 30.1 Å². The van der Waals surface area contributed by atoms with Crippen LogP contribution in [0.1, 0.15) is 19.4 Å². The highest BCUT2D eigenvalue weighted by Crippen LogP contribution is 2.22. The van der Waals surface area contributed by atoms with Gasteiger partial charge in [0.2, 0.25) is 0 Å². The van der Waals surface area contributed by atoms with Gasteiger partial charge in [0.1, 0.15) is 11.9 Å². The minimum absolute atomic E-state index is 0.383. The van der Waals surface area contributed by atoms with Gasteiger partial charge in [-0.25, -0.2) is 0 Å². The first-order valence-electron chi connectivity index (χ1n) is 5.63. The Balaban J connectivity index is 1.88. The van der Waals surface area contributed by atoms with Gasteiger partial charge < -0.3 is 4.74 Å². The SMILES string of the molecule is Cc1ccccc1OC1CN(C(C)C)C1. The first-order valence-corrected chi connectivity index (χ1v) is 5.63. The van der Waals surface area contributed by atoms with E-state index in [0.29, 0.717) is 12.1 Å². The zero-order valence-electron chi connectivity index (χ0n) is 9.73. The van der Waals surface area contributed by atoms with E-state index < -0.39 is 0 Å². The van der Waals surface area contributed by atoms with Gasteiger partial charge in [-0.1, -0.05) is 18.2 Å². The highest BCUT2D eigenvalue weighted by Gasteiger charge is 2.30. The maximum absolute atomic E-state index is 5.92. The summed E-state index contributed by atoms with van der Waals surface area (Å²) >= 11 is 0. The average Bonchev–Trinajstić information content (AvgIpc) is 2.12. The van der Waals surface area contributed by atoms with Gasteiger partial charge in [-0.2, -0.15) is 0 Å². The summed E-state index contributed by atoms with van der Waals surface area (Å²) in [5.41, 5.74) is 1.22. The molecule has 1 saturated heterocycles. The Kier molecular flexibility index (Phi) is 2.96. The van der Waals surface area contributed by atoms with E-state index in [0.717, 1.165) is 18.8 Å². The van der Waals surface area contributed by atoms with Gasteiger partial charge in [0.05, 0.1) is 0 Å². The Hall–Kier alpha value is -1.02. The second-order valence-corrected chi connectivity index (χ2v) is 4.55. The van der Waals surface area contributed by atoms with Crippen LogP contribution in [0.5, 0.6) is 5.75 Å². The quantitative estimate of drug-likeness (QED) is 0.751. The van der Waals surface area contributed by atoms with E-state index in [1.807, 2.05) is 18.2 Å². The fourth-order valence-electron chi connectivity index (χ4n) is 1.83. The summed E-state index contributed by atoms with van der Waals surface area (Å²) in [7, 11) is 0. The number of para-hydroxylation sites is 1. The smallest absolute Gasteiger partial charge is 0.124 e. The zero-order valence-corrected chi connectivity index (χ0v) is 9.73. The molecule has 0 aromatic heterocycles. The molecule has 2 rings (SSSR count). The van der Waals surface area contributed by atoms with Crippen molar-refractivity contribution in [2.24, 2.45) is 0 Å². The lowest BCUT2D eigenvalue weighted by atomic mass is 10.1. The number of rotatable bonds is 3. The Labute approximate surface area is 91.9 Å². The monoisotopic (exact) mass is 205 g/mol. The molecule has 1 aliphatic rings. The molecule has 0 unspecified atom stereocenters. The van der Waals surface area contributed by atoms with Crippen LogP contribution < -0.4 is 4.74 Å². The summed E-state index contributed by atoms with van der Waals surface area (Å²) in [6.45, 7) is 8.67. The lowest BCUT2D eigenvalue weighted by molar-refractivity contribution is -0.000196. The summed E-state index contributed by atoms with van der Waals surface area (Å²) in [4.78, 5) is 2.42. The molecule has 0 N–H and O–H groups in total. The molecule has 0 radical (unpaired) electrons. The minimum Gasteiger partial charge on any atom is -0.487 e. The molecule has 1 aromatic rings. The van der Waals surface area contributed by atoms with Crippen molar-refractivity contribution >= 4 is 0 Å². The predicted molar refractivity (Wildman–Crippen MR) is 62.3 cm³/mol. The molecule has 0 amide bonds. The van der Waals surface area contributed by atoms with Crippen LogP contribution >= 0.6 is 0 Å². The van der Waals surface area contributed by atoms with Gasteiger partial charge in [-0.3, -0.25) is 4.90 Å². The van der Waals surface area contributed by atoms with E-state index >= 15 is 0 Å². The Morgan fingerprint density at radius 3 is 2.53 bits per heavy atom. The third-order valence-corrected chi connectivity index (χ3v) is 2.99. The molecule has 0 spiro atoms. The van der Waals surface area contributed by atoms with Gasteiger partial charge in [0, 0.05) is 19.1 Å². The molecule has 1 aromatic carbocycles. The molecular weight excluding hydrogens is 186 g/mol. The van der Waals surface area contributed by atoms with Crippen molar-refractivity contribution in [3.63, 3.8) is 0 Å². The Bertz CT molecular complexity index is 329. The van der Waals surface area contributed by atoms with Gasteiger partial charge in [0.25, 0.3) is 0 Å². The largest absolute Gasteiger partial charge is 0.487 e. The van der Waals surface area contributed by atoms with Gasteiger partial charge in [0.15, 0.2) is 0 Å². The van der Waals surface area contributed by atoms with E-state index in [1.165, 1.54) is 5.56 Å². The van der Waals surface area contributed by atoms with Crippen molar-refractivity contribution in [3.8, 4) is 5.75 Å². The maximum atomic E-state index is 5.92. The highest BCUT2D eigenvalue weighted by atomic mass is 16.5. The number of hydrogen-bond donors (Lipinski definition) is 0. The highest BCUT2D eigenvalue weighted by molar-refractivity contribution is 5.32. The fraction of sp³-hybridized carbons (Fsp3) is 0.538. The van der Waals surface area contributed by atoms with Gasteiger partial charge in [-0.05, 0) is 32.4 Å². The van der Waals surface area contributed by atoms with Crippen molar-refractivity contribution in [2.75, 3.05) is 13.1 Å². The Morgan fingerprint density at radius 1 is 1.27 bits per heavy atom. The molecule has 0 bridgehead atoms. The van der Waals surface area contributed by atoms with Gasteiger partial charge in [-0.15, -0.1) is 0 Å². The van der Waals surface area contributed by atoms with Crippen LogP contribution in [0.25, 0.3) is 0 Å². The lowest BCUT2D eigenvalue weighted by Crippen LogP contribution is -2.56. The van der Waals surface area contributed by atoms with E-state index in [1.54, 1.807) is 0 Å². The normalized spacial score (nSPS) is 17.9. The molecule has 1 aliphatic heterocycles. The standard InChI is InChI=1S/C13H19NO/c1-10(2)14-8-12(9-14)15-13-7-5-4-6-11(13)3/h4-7,10,12H,8-9H2,1-3H3. The summed E-state index contributed by atoms with van der Waals surface area (Å²) in [6, 6.07) is 8.85. The second-order valence-electron chi connectivity index (χ2n) is 4.55. The van der Waals surface area contributed by atoms with Crippen molar-refractivity contribution in [1.29, 1.82) is 0 Å². The molecule has 2 nitrogen and oxygen atoms in total. The summed E-state index contributed by atoms with van der Waals surface area (Å²) < 4.78 is 5.92. The van der Waals surface area contributed by atoms with Crippen LogP contribution in [0.3, 0.4) is 0 Å². The van der Waals surface area contributed by atoms with Crippen LogP contribution in [0.4, 0.5) is 0 Å². The fourth-order valence-corrected chi connectivity index (χ4v) is 1.83. The molecule has 82 valence electrons. The van der Waals surface area contributed by atoms with Crippen molar-refractivity contribution in [2.45, 2.75) is 32.9 Å². The van der Waals surface area contributed by atoms with E-state index in [4.69, 9.17) is 4.74 Å². The molecule has 2 heteroatoms. The molecule has 1 fully saturated rings. The number of ether oxygens (including phenoxy) is 1. The third kappa shape index (κ3) is 2.32. The predicted octanol–water partition coefficient (Wildman–Crippen LogP) is 2.47. The zero-order chi connectivity index (χ0) is 10.8. The van der Waals surface area contributed by atoms with Gasteiger partial charge >= 0.3 is 0 Å². The summed E-state index contributed by atoms with van der Waals surface area (Å²) in [6.07, 6.45) is 0.383. The van der Waals surface area contributed by atoms with Crippen molar-refractivity contribution in [1.82, 2.24) is 4.90 Å². The van der Waals surface area contributed by atoms with Crippen LogP contribution in [-0.2, 0) is 0 Å². The molecule has 0 aliphatic carbocycles. The molecular formula is C13H19NO. The Morgan fingerprint density at radius 2 is 1.93 bits per heavy atom. The number of hydrogen-bond acceptors (Lipinski definition) is 2. The maximum Gasteiger partial charge on any atom is 0.124 e. The summed E-state index contributed by atoms with van der Waals surface area (Å²) in [5.74, 6) is 1.03. The number of nitrogens with zero attached hydrogens (tertiary/aromatic N) is 1. The lowest BCUT2D eigenvalue weighted by Gasteiger charge is -2.41. The van der Waals surface area contributed by atoms with E-state index in [-0.39, 0.29) is 0 Å². The molecule has 15 heavy (non-hydrogen) atoms.